The van der Waals surface area contributed by atoms with Gasteiger partial charge in [-0.1, -0.05) is 0 Å². The first-order chi connectivity index (χ1) is 13.1. The lowest BCUT2D eigenvalue weighted by Crippen LogP contribution is -2.37. The Morgan fingerprint density at radius 1 is 1.25 bits per heavy atom. The normalized spacial score (nSPS) is 16.5. The highest BCUT2D eigenvalue weighted by molar-refractivity contribution is 7.87. The fourth-order valence-corrected chi connectivity index (χ4v) is 3.71. The largest absolute Gasteiger partial charge is 0.573 e. The number of nitrogens with one attached hydrogen (secondary N) is 1. The van der Waals surface area contributed by atoms with Crippen molar-refractivity contribution in [2.75, 3.05) is 24.5 Å². The lowest BCUT2D eigenvalue weighted by Gasteiger charge is -2.33. The number of hydrogen-bond acceptors (Lipinski definition) is 6. The van der Waals surface area contributed by atoms with Crippen molar-refractivity contribution in [1.82, 2.24) is 14.7 Å². The monoisotopic (exact) mass is 419 g/mol. The average molecular weight is 419 g/mol. The highest BCUT2D eigenvalue weighted by Crippen LogP contribution is 2.32. The van der Waals surface area contributed by atoms with Crippen molar-refractivity contribution in [3.8, 4) is 5.75 Å². The van der Waals surface area contributed by atoms with Crippen LogP contribution in [0, 0.1) is 5.92 Å². The molecule has 1 saturated heterocycles. The Kier molecular flexibility index (Phi) is 5.91. The highest BCUT2D eigenvalue weighted by Gasteiger charge is 2.31. The van der Waals surface area contributed by atoms with Crippen LogP contribution in [0.25, 0.3) is 10.9 Å². The number of rotatable bonds is 6. The zero-order valence-electron chi connectivity index (χ0n) is 14.8. The van der Waals surface area contributed by atoms with Gasteiger partial charge in [-0.3, -0.25) is 0 Å². The summed E-state index contributed by atoms with van der Waals surface area (Å²) in [6.07, 6.45) is -1.12. The molecule has 12 heteroatoms. The van der Waals surface area contributed by atoms with Crippen LogP contribution in [0.2, 0.25) is 0 Å². The Hall–Kier alpha value is -2.18. The molecule has 1 aliphatic rings. The summed E-state index contributed by atoms with van der Waals surface area (Å²) in [4.78, 5) is 10.3. The van der Waals surface area contributed by atoms with E-state index in [9.17, 15) is 21.6 Å². The number of alkyl halides is 3. The fraction of sp³-hybridized carbons (Fsp3) is 0.500. The van der Waals surface area contributed by atoms with Crippen molar-refractivity contribution in [3.63, 3.8) is 0 Å². The van der Waals surface area contributed by atoms with E-state index >= 15 is 0 Å². The van der Waals surface area contributed by atoms with Crippen LogP contribution in [0.4, 0.5) is 19.0 Å². The van der Waals surface area contributed by atoms with E-state index in [4.69, 9.17) is 5.14 Å². The number of hydrogen-bond donors (Lipinski definition) is 2. The second-order valence-electron chi connectivity index (χ2n) is 6.58. The van der Waals surface area contributed by atoms with Crippen LogP contribution in [-0.4, -0.2) is 44.4 Å². The number of aromatic nitrogens is 2. The van der Waals surface area contributed by atoms with E-state index in [1.165, 1.54) is 24.5 Å². The van der Waals surface area contributed by atoms with Crippen molar-refractivity contribution < 1.29 is 26.3 Å². The van der Waals surface area contributed by atoms with Crippen molar-refractivity contribution in [3.05, 3.63) is 24.5 Å². The van der Waals surface area contributed by atoms with Gasteiger partial charge in [0, 0.05) is 25.0 Å². The molecule has 1 fully saturated rings. The number of nitrogens with two attached hydrogens (primary N) is 1. The summed E-state index contributed by atoms with van der Waals surface area (Å²) >= 11 is 0. The predicted molar refractivity (Wildman–Crippen MR) is 96.9 cm³/mol. The molecule has 0 unspecified atom stereocenters. The number of fused-ring (bicyclic) bond motifs is 1. The van der Waals surface area contributed by atoms with Gasteiger partial charge in [0.2, 0.25) is 0 Å². The van der Waals surface area contributed by atoms with E-state index in [2.05, 4.69) is 19.4 Å². The minimum absolute atomic E-state index is 0.276. The van der Waals surface area contributed by atoms with Gasteiger partial charge in [-0.15, -0.1) is 13.2 Å². The van der Waals surface area contributed by atoms with E-state index in [0.29, 0.717) is 42.1 Å². The number of halogens is 3. The summed E-state index contributed by atoms with van der Waals surface area (Å²) in [6, 6.07) is 3.98. The molecule has 0 atom stereocenters. The van der Waals surface area contributed by atoms with Gasteiger partial charge in [0.05, 0.1) is 5.52 Å². The van der Waals surface area contributed by atoms with Gasteiger partial charge < -0.3 is 9.64 Å². The number of anilines is 1. The maximum absolute atomic E-state index is 12.5. The van der Waals surface area contributed by atoms with E-state index < -0.39 is 16.6 Å². The summed E-state index contributed by atoms with van der Waals surface area (Å²) in [5.41, 5.74) is 0.527. The van der Waals surface area contributed by atoms with Gasteiger partial charge in [0.1, 0.15) is 17.9 Å². The van der Waals surface area contributed by atoms with Crippen LogP contribution in [-0.2, 0) is 10.2 Å². The molecule has 2 aromatic rings. The molecule has 0 bridgehead atoms. The van der Waals surface area contributed by atoms with Crippen molar-refractivity contribution in [2.24, 2.45) is 11.1 Å². The quantitative estimate of drug-likeness (QED) is 0.740. The standard InChI is InChI=1S/C16H20F3N5O3S/c17-16(18,19)27-12-1-2-14-13(9-12)15(22-10-21-14)24-7-4-11(5-8-24)3-6-23-28(20,25)26/h1-2,9-11,23H,3-8H2,(H2,20,25,26). The Balaban J connectivity index is 1.69. The van der Waals surface area contributed by atoms with E-state index in [-0.39, 0.29) is 12.3 Å². The summed E-state index contributed by atoms with van der Waals surface area (Å²) < 4.78 is 65.6. The van der Waals surface area contributed by atoms with Crippen LogP contribution in [0.1, 0.15) is 19.3 Å². The van der Waals surface area contributed by atoms with E-state index in [1.807, 2.05) is 4.90 Å². The number of ether oxygens (including phenoxy) is 1. The minimum atomic E-state index is -4.77. The third-order valence-electron chi connectivity index (χ3n) is 4.59. The molecule has 0 saturated carbocycles. The highest BCUT2D eigenvalue weighted by atomic mass is 32.2. The smallest absolute Gasteiger partial charge is 0.406 e. The molecule has 1 aromatic heterocycles. The zero-order chi connectivity index (χ0) is 20.4. The topological polar surface area (TPSA) is 110 Å². The van der Waals surface area contributed by atoms with Gasteiger partial charge in [-0.05, 0) is 43.4 Å². The summed E-state index contributed by atoms with van der Waals surface area (Å²) in [6.45, 7) is 1.57. The van der Waals surface area contributed by atoms with Crippen molar-refractivity contribution >= 4 is 26.9 Å². The maximum Gasteiger partial charge on any atom is 0.573 e. The summed E-state index contributed by atoms with van der Waals surface area (Å²) in [5, 5.41) is 5.40. The minimum Gasteiger partial charge on any atom is -0.406 e. The van der Waals surface area contributed by atoms with E-state index in [0.717, 1.165) is 12.8 Å². The molecular weight excluding hydrogens is 399 g/mol. The third-order valence-corrected chi connectivity index (χ3v) is 5.20. The van der Waals surface area contributed by atoms with E-state index in [1.54, 1.807) is 0 Å². The molecule has 0 spiro atoms. The Labute approximate surface area is 160 Å². The third kappa shape index (κ3) is 5.66. The first kappa shape index (κ1) is 20.6. The first-order valence-corrected chi connectivity index (χ1v) is 10.2. The molecule has 3 rings (SSSR count). The average Bonchev–Trinajstić information content (AvgIpc) is 2.59. The molecule has 8 nitrogen and oxygen atoms in total. The Bertz CT molecular complexity index is 931. The molecule has 0 amide bonds. The van der Waals surface area contributed by atoms with Gasteiger partial charge in [0.15, 0.2) is 0 Å². The Morgan fingerprint density at radius 3 is 2.61 bits per heavy atom. The zero-order valence-corrected chi connectivity index (χ0v) is 15.6. The SMILES string of the molecule is NS(=O)(=O)NCCC1CCN(c2ncnc3ccc(OC(F)(F)F)cc23)CC1. The molecule has 0 radical (unpaired) electrons. The second-order valence-corrected chi connectivity index (χ2v) is 7.96. The van der Waals surface area contributed by atoms with Crippen LogP contribution in [0.5, 0.6) is 5.75 Å². The number of nitrogens with zero attached hydrogens (tertiary/aromatic N) is 3. The summed E-state index contributed by atoms with van der Waals surface area (Å²) in [5.74, 6) is 0.557. The first-order valence-electron chi connectivity index (χ1n) is 8.63. The van der Waals surface area contributed by atoms with Gasteiger partial charge in [0.25, 0.3) is 10.2 Å². The van der Waals surface area contributed by atoms with Crippen LogP contribution in [0.15, 0.2) is 24.5 Å². The molecular formula is C16H20F3N5O3S. The molecule has 2 heterocycles. The number of piperidine rings is 1. The van der Waals surface area contributed by atoms with Crippen LogP contribution in [0.3, 0.4) is 0 Å². The Morgan fingerprint density at radius 2 is 1.96 bits per heavy atom. The fourth-order valence-electron chi connectivity index (χ4n) is 3.31. The second kappa shape index (κ2) is 8.05. The van der Waals surface area contributed by atoms with Gasteiger partial charge in [-0.25, -0.2) is 19.8 Å². The molecule has 1 aliphatic heterocycles. The molecule has 28 heavy (non-hydrogen) atoms. The van der Waals surface area contributed by atoms with Crippen LogP contribution >= 0.6 is 0 Å². The van der Waals surface area contributed by atoms with Crippen molar-refractivity contribution in [1.29, 1.82) is 0 Å². The molecule has 3 N–H and O–H groups in total. The van der Waals surface area contributed by atoms with Gasteiger partial charge in [-0.2, -0.15) is 8.42 Å². The molecule has 0 aliphatic carbocycles. The maximum atomic E-state index is 12.5. The molecule has 154 valence electrons. The van der Waals surface area contributed by atoms with Gasteiger partial charge >= 0.3 is 6.36 Å². The van der Waals surface area contributed by atoms with Crippen molar-refractivity contribution in [2.45, 2.75) is 25.6 Å². The number of benzene rings is 1. The lowest BCUT2D eigenvalue weighted by atomic mass is 9.93. The molecule has 1 aromatic carbocycles. The van der Waals surface area contributed by atoms with Crippen LogP contribution < -0.4 is 19.5 Å². The summed E-state index contributed by atoms with van der Waals surface area (Å²) in [7, 11) is -3.69. The predicted octanol–water partition coefficient (Wildman–Crippen LogP) is 1.93. The lowest BCUT2D eigenvalue weighted by molar-refractivity contribution is -0.274.